The molecule has 156 valence electrons. The third-order valence-corrected chi connectivity index (χ3v) is 7.23. The van der Waals surface area contributed by atoms with E-state index in [0.29, 0.717) is 0 Å². The Labute approximate surface area is 188 Å². The van der Waals surface area contributed by atoms with Crippen molar-refractivity contribution >= 4 is 22.8 Å². The Hall–Kier alpha value is -3.65. The zero-order valence-corrected chi connectivity index (χ0v) is 18.1. The van der Waals surface area contributed by atoms with Crippen molar-refractivity contribution in [1.82, 2.24) is 4.90 Å². The molecule has 0 unspecified atom stereocenters. The summed E-state index contributed by atoms with van der Waals surface area (Å²) >= 11 is 0. The first-order chi connectivity index (χ1) is 15.7. The van der Waals surface area contributed by atoms with Gasteiger partial charge in [0.15, 0.2) is 0 Å². The van der Waals surface area contributed by atoms with E-state index in [1.54, 1.807) is 0 Å². The first-order valence-electron chi connectivity index (χ1n) is 11.4. The molecule has 1 aliphatic carbocycles. The van der Waals surface area contributed by atoms with Crippen LogP contribution in [0.1, 0.15) is 47.2 Å². The molecule has 32 heavy (non-hydrogen) atoms. The van der Waals surface area contributed by atoms with Crippen LogP contribution in [0.15, 0.2) is 103 Å². The van der Waals surface area contributed by atoms with E-state index in [2.05, 4.69) is 109 Å². The number of hydrogen-bond acceptors (Lipinski definition) is 1. The summed E-state index contributed by atoms with van der Waals surface area (Å²) in [6, 6.07) is 33.7. The minimum Gasteiger partial charge on any atom is -0.328 e. The Balaban J connectivity index is 1.52. The lowest BCUT2D eigenvalue weighted by atomic mass is 9.77. The van der Waals surface area contributed by atoms with Crippen molar-refractivity contribution in [3.8, 4) is 0 Å². The third-order valence-electron chi connectivity index (χ3n) is 7.23. The van der Waals surface area contributed by atoms with Gasteiger partial charge in [-0.25, -0.2) is 0 Å². The van der Waals surface area contributed by atoms with Crippen LogP contribution in [0.3, 0.4) is 0 Å². The van der Waals surface area contributed by atoms with Gasteiger partial charge in [-0.1, -0.05) is 109 Å². The van der Waals surface area contributed by atoms with Crippen molar-refractivity contribution in [2.24, 2.45) is 5.92 Å². The van der Waals surface area contributed by atoms with Crippen LogP contribution >= 0.6 is 0 Å². The number of hydrogen-bond donors (Lipinski definition) is 0. The van der Waals surface area contributed by atoms with E-state index >= 15 is 0 Å². The molecule has 4 atom stereocenters. The second kappa shape index (κ2) is 7.49. The highest BCUT2D eigenvalue weighted by atomic mass is 16.2. The van der Waals surface area contributed by atoms with Gasteiger partial charge in [0, 0.05) is 5.92 Å². The Kier molecular flexibility index (Phi) is 4.46. The molecular weight excluding hydrogens is 390 g/mol. The molecule has 2 heteroatoms. The van der Waals surface area contributed by atoms with Crippen LogP contribution in [0, 0.1) is 5.92 Å². The number of likely N-dealkylation sites (tertiary alicyclic amines) is 1. The lowest BCUT2D eigenvalue weighted by molar-refractivity contribution is -0.132. The van der Waals surface area contributed by atoms with Crippen molar-refractivity contribution in [2.45, 2.75) is 24.9 Å². The molecule has 0 N–H and O–H groups in total. The monoisotopic (exact) mass is 415 g/mol. The highest BCUT2D eigenvalue weighted by molar-refractivity contribution is 5.92. The summed E-state index contributed by atoms with van der Waals surface area (Å²) in [4.78, 5) is 16.3. The predicted octanol–water partition coefficient (Wildman–Crippen LogP) is 6.91. The molecule has 1 fully saturated rings. The Morgan fingerprint density at radius 2 is 1.50 bits per heavy atom. The molecule has 4 aromatic rings. The maximum Gasteiger partial charge on any atom is 0.231 e. The number of rotatable bonds is 3. The summed E-state index contributed by atoms with van der Waals surface area (Å²) in [5.74, 6) is 0.206. The van der Waals surface area contributed by atoms with Crippen molar-refractivity contribution in [3.05, 3.63) is 125 Å². The SMILES string of the molecule is C[C@@H](c1cccc2ccccc12)N1C(=O)[C@H]2c3ccccc3C=C[C@H]2[C@@H]1c1ccccc1. The van der Waals surface area contributed by atoms with E-state index in [-0.39, 0.29) is 29.8 Å². The van der Waals surface area contributed by atoms with Crippen LogP contribution in [0.25, 0.3) is 16.8 Å². The van der Waals surface area contributed by atoms with Crippen molar-refractivity contribution in [3.63, 3.8) is 0 Å². The lowest BCUT2D eigenvalue weighted by Crippen LogP contribution is -2.32. The highest BCUT2D eigenvalue weighted by Gasteiger charge is 2.51. The zero-order valence-electron chi connectivity index (χ0n) is 18.1. The molecule has 1 amide bonds. The maximum atomic E-state index is 14.1. The average molecular weight is 416 g/mol. The molecule has 0 spiro atoms. The molecular formula is C30H25NO. The number of benzene rings is 4. The molecule has 4 aromatic carbocycles. The van der Waals surface area contributed by atoms with E-state index in [1.165, 1.54) is 21.9 Å². The van der Waals surface area contributed by atoms with Crippen LogP contribution in [0.5, 0.6) is 0 Å². The molecule has 0 bridgehead atoms. The minimum atomic E-state index is -0.140. The number of fused-ring (bicyclic) bond motifs is 4. The van der Waals surface area contributed by atoms with Crippen LogP contribution < -0.4 is 0 Å². The fourth-order valence-electron chi connectivity index (χ4n) is 5.78. The van der Waals surface area contributed by atoms with Gasteiger partial charge in [-0.3, -0.25) is 4.79 Å². The van der Waals surface area contributed by atoms with Crippen LogP contribution in [0.4, 0.5) is 0 Å². The van der Waals surface area contributed by atoms with E-state index in [9.17, 15) is 4.79 Å². The smallest absolute Gasteiger partial charge is 0.231 e. The fourth-order valence-corrected chi connectivity index (χ4v) is 5.78. The Morgan fingerprint density at radius 1 is 0.781 bits per heavy atom. The van der Waals surface area contributed by atoms with Gasteiger partial charge in [-0.2, -0.15) is 0 Å². The quantitative estimate of drug-likeness (QED) is 0.356. The fraction of sp³-hybridized carbons (Fsp3) is 0.167. The van der Waals surface area contributed by atoms with Gasteiger partial charge in [0.1, 0.15) is 0 Å². The molecule has 1 heterocycles. The van der Waals surface area contributed by atoms with Gasteiger partial charge in [0.25, 0.3) is 0 Å². The van der Waals surface area contributed by atoms with Crippen molar-refractivity contribution in [2.75, 3.05) is 0 Å². The Bertz CT molecular complexity index is 1330. The van der Waals surface area contributed by atoms with Crippen LogP contribution in [-0.4, -0.2) is 10.8 Å². The summed E-state index contributed by atoms with van der Waals surface area (Å²) in [5.41, 5.74) is 4.71. The molecule has 0 aromatic heterocycles. The number of amides is 1. The van der Waals surface area contributed by atoms with Gasteiger partial charge in [0.2, 0.25) is 5.91 Å². The van der Waals surface area contributed by atoms with Crippen molar-refractivity contribution < 1.29 is 4.79 Å². The second-order valence-corrected chi connectivity index (χ2v) is 8.89. The summed E-state index contributed by atoms with van der Waals surface area (Å²) in [6.45, 7) is 2.18. The molecule has 2 aliphatic rings. The molecule has 6 rings (SSSR count). The molecule has 1 aliphatic heterocycles. The van der Waals surface area contributed by atoms with Gasteiger partial charge in [0.05, 0.1) is 18.0 Å². The highest BCUT2D eigenvalue weighted by Crippen LogP contribution is 2.53. The van der Waals surface area contributed by atoms with Crippen molar-refractivity contribution in [1.29, 1.82) is 0 Å². The predicted molar refractivity (Wildman–Crippen MR) is 130 cm³/mol. The molecule has 0 radical (unpaired) electrons. The van der Waals surface area contributed by atoms with E-state index in [4.69, 9.17) is 0 Å². The maximum absolute atomic E-state index is 14.1. The third kappa shape index (κ3) is 2.83. The molecule has 2 nitrogen and oxygen atoms in total. The standard InChI is InChI=1S/C30H25NO/c1-20(24-17-9-14-21-10-5-7-15-25(21)24)31-29(23-12-3-2-4-13-23)27-19-18-22-11-6-8-16-26(22)28(27)30(31)32/h2-20,27-29H,1H3/t20-,27+,28-,29-/m0/s1. The topological polar surface area (TPSA) is 20.3 Å². The van der Waals surface area contributed by atoms with Gasteiger partial charge in [-0.05, 0) is 39.9 Å². The minimum absolute atomic E-state index is 0.00674. The summed E-state index contributed by atoms with van der Waals surface area (Å²) < 4.78 is 0. The summed E-state index contributed by atoms with van der Waals surface area (Å²) in [5, 5.41) is 2.43. The molecule has 1 saturated heterocycles. The van der Waals surface area contributed by atoms with E-state index in [0.717, 1.165) is 11.1 Å². The summed E-state index contributed by atoms with van der Waals surface area (Å²) in [7, 11) is 0. The number of carbonyl (C=O) groups is 1. The normalized spacial score (nSPS) is 22.6. The van der Waals surface area contributed by atoms with E-state index in [1.807, 2.05) is 12.1 Å². The molecule has 0 saturated carbocycles. The number of nitrogens with zero attached hydrogens (tertiary/aromatic N) is 1. The lowest BCUT2D eigenvalue weighted by Gasteiger charge is -2.34. The van der Waals surface area contributed by atoms with Gasteiger partial charge in [-0.15, -0.1) is 0 Å². The van der Waals surface area contributed by atoms with Gasteiger partial charge >= 0.3 is 0 Å². The van der Waals surface area contributed by atoms with E-state index < -0.39 is 0 Å². The Morgan fingerprint density at radius 3 is 2.38 bits per heavy atom. The first kappa shape index (κ1) is 19.1. The van der Waals surface area contributed by atoms with Gasteiger partial charge < -0.3 is 4.90 Å². The zero-order chi connectivity index (χ0) is 21.7. The second-order valence-electron chi connectivity index (χ2n) is 8.89. The van der Waals surface area contributed by atoms with Crippen LogP contribution in [0.2, 0.25) is 0 Å². The first-order valence-corrected chi connectivity index (χ1v) is 11.4. The van der Waals surface area contributed by atoms with Crippen LogP contribution in [-0.2, 0) is 4.79 Å². The average Bonchev–Trinajstić information content (AvgIpc) is 3.16. The summed E-state index contributed by atoms with van der Waals surface area (Å²) in [6.07, 6.45) is 4.46. The largest absolute Gasteiger partial charge is 0.328 e. The number of carbonyl (C=O) groups excluding carboxylic acids is 1.